The zero-order valence-corrected chi connectivity index (χ0v) is 9.92. The molecular weight excluding hydrogens is 237 g/mol. The predicted octanol–water partition coefficient (Wildman–Crippen LogP) is 4.33. The first kappa shape index (κ1) is 11.6. The van der Waals surface area contributed by atoms with E-state index in [0.29, 0.717) is 21.7 Å². The SMILES string of the molecule is Cc1ccc(C#N)c(-c2cc(Cl)ccc2F)c1. The van der Waals surface area contributed by atoms with E-state index in [-0.39, 0.29) is 5.82 Å². The molecule has 0 bridgehead atoms. The van der Waals surface area contributed by atoms with Crippen molar-refractivity contribution in [2.24, 2.45) is 0 Å². The van der Waals surface area contributed by atoms with Gasteiger partial charge in [-0.3, -0.25) is 0 Å². The summed E-state index contributed by atoms with van der Waals surface area (Å²) in [5.74, 6) is -0.378. The Hall–Kier alpha value is -1.85. The molecule has 0 saturated heterocycles. The van der Waals surface area contributed by atoms with Crippen molar-refractivity contribution in [1.29, 1.82) is 5.26 Å². The second-order valence-corrected chi connectivity index (χ2v) is 4.22. The van der Waals surface area contributed by atoms with Crippen molar-refractivity contribution in [3.05, 3.63) is 58.4 Å². The van der Waals surface area contributed by atoms with Gasteiger partial charge in [-0.05, 0) is 31.2 Å². The van der Waals surface area contributed by atoms with E-state index in [4.69, 9.17) is 16.9 Å². The van der Waals surface area contributed by atoms with Crippen molar-refractivity contribution < 1.29 is 4.39 Å². The minimum absolute atomic E-state index is 0.359. The summed E-state index contributed by atoms with van der Waals surface area (Å²) in [6.07, 6.45) is 0. The van der Waals surface area contributed by atoms with E-state index in [1.54, 1.807) is 12.1 Å². The molecular formula is C14H9ClFN. The third-order valence-corrected chi connectivity index (χ3v) is 2.75. The number of benzene rings is 2. The maximum absolute atomic E-state index is 13.7. The molecule has 17 heavy (non-hydrogen) atoms. The molecule has 2 rings (SSSR count). The van der Waals surface area contributed by atoms with Gasteiger partial charge >= 0.3 is 0 Å². The van der Waals surface area contributed by atoms with Gasteiger partial charge in [0.05, 0.1) is 11.6 Å². The van der Waals surface area contributed by atoms with E-state index in [0.717, 1.165) is 5.56 Å². The molecule has 0 saturated carbocycles. The third kappa shape index (κ3) is 2.30. The molecule has 2 aromatic carbocycles. The van der Waals surface area contributed by atoms with E-state index in [9.17, 15) is 4.39 Å². The lowest BCUT2D eigenvalue weighted by atomic mass is 9.98. The van der Waals surface area contributed by atoms with Gasteiger partial charge in [0.15, 0.2) is 0 Å². The van der Waals surface area contributed by atoms with Crippen LogP contribution >= 0.6 is 11.6 Å². The third-order valence-electron chi connectivity index (χ3n) is 2.51. The summed E-state index contributed by atoms with van der Waals surface area (Å²) >= 11 is 5.85. The standard InChI is InChI=1S/C14H9ClFN/c1-9-2-3-10(8-17)12(6-9)13-7-11(15)4-5-14(13)16/h2-7H,1H3. The molecule has 0 N–H and O–H groups in total. The number of hydrogen-bond donors (Lipinski definition) is 0. The molecule has 84 valence electrons. The highest BCUT2D eigenvalue weighted by molar-refractivity contribution is 6.30. The number of rotatable bonds is 1. The normalized spacial score (nSPS) is 10.0. The van der Waals surface area contributed by atoms with Gasteiger partial charge in [0, 0.05) is 16.1 Å². The Balaban J connectivity index is 2.72. The molecule has 0 unspecified atom stereocenters. The number of hydrogen-bond acceptors (Lipinski definition) is 1. The second kappa shape index (κ2) is 4.57. The number of nitriles is 1. The van der Waals surface area contributed by atoms with Crippen LogP contribution in [-0.2, 0) is 0 Å². The minimum atomic E-state index is -0.378. The van der Waals surface area contributed by atoms with Gasteiger partial charge in [-0.15, -0.1) is 0 Å². The van der Waals surface area contributed by atoms with Crippen LogP contribution in [0, 0.1) is 24.1 Å². The van der Waals surface area contributed by atoms with E-state index < -0.39 is 0 Å². The number of aryl methyl sites for hydroxylation is 1. The van der Waals surface area contributed by atoms with Crippen LogP contribution in [0.2, 0.25) is 5.02 Å². The Morgan fingerprint density at radius 3 is 2.59 bits per heavy atom. The lowest BCUT2D eigenvalue weighted by molar-refractivity contribution is 0.631. The van der Waals surface area contributed by atoms with Crippen molar-refractivity contribution in [2.45, 2.75) is 6.92 Å². The van der Waals surface area contributed by atoms with Gasteiger partial charge in [0.25, 0.3) is 0 Å². The number of nitrogens with zero attached hydrogens (tertiary/aromatic N) is 1. The fourth-order valence-electron chi connectivity index (χ4n) is 1.68. The topological polar surface area (TPSA) is 23.8 Å². The van der Waals surface area contributed by atoms with Gasteiger partial charge < -0.3 is 0 Å². The molecule has 2 aromatic rings. The Morgan fingerprint density at radius 2 is 1.88 bits per heavy atom. The molecule has 0 aliphatic rings. The van der Waals surface area contributed by atoms with Crippen LogP contribution in [0.3, 0.4) is 0 Å². The van der Waals surface area contributed by atoms with Gasteiger partial charge in [-0.1, -0.05) is 29.3 Å². The van der Waals surface area contributed by atoms with Gasteiger partial charge in [0.1, 0.15) is 5.82 Å². The van der Waals surface area contributed by atoms with Crippen molar-refractivity contribution in [2.75, 3.05) is 0 Å². The Morgan fingerprint density at radius 1 is 1.12 bits per heavy atom. The molecule has 3 heteroatoms. The summed E-state index contributed by atoms with van der Waals surface area (Å²) in [6.45, 7) is 1.90. The smallest absolute Gasteiger partial charge is 0.131 e. The van der Waals surface area contributed by atoms with Crippen molar-refractivity contribution in [1.82, 2.24) is 0 Å². The Kier molecular flexibility index (Phi) is 3.12. The highest BCUT2D eigenvalue weighted by atomic mass is 35.5. The monoisotopic (exact) mass is 245 g/mol. The minimum Gasteiger partial charge on any atom is -0.206 e. The average Bonchev–Trinajstić information content (AvgIpc) is 2.32. The van der Waals surface area contributed by atoms with E-state index in [1.807, 2.05) is 13.0 Å². The summed E-state index contributed by atoms with van der Waals surface area (Å²) in [4.78, 5) is 0. The predicted molar refractivity (Wildman–Crippen MR) is 66.3 cm³/mol. The van der Waals surface area contributed by atoms with Crippen LogP contribution in [-0.4, -0.2) is 0 Å². The summed E-state index contributed by atoms with van der Waals surface area (Å²) in [5.41, 5.74) is 2.35. The lowest BCUT2D eigenvalue weighted by Gasteiger charge is -2.07. The Bertz CT molecular complexity index is 614. The van der Waals surface area contributed by atoms with E-state index in [2.05, 4.69) is 6.07 Å². The van der Waals surface area contributed by atoms with Crippen LogP contribution in [0.5, 0.6) is 0 Å². The summed E-state index contributed by atoms with van der Waals surface area (Å²) < 4.78 is 13.7. The van der Waals surface area contributed by atoms with Gasteiger partial charge in [0.2, 0.25) is 0 Å². The van der Waals surface area contributed by atoms with Crippen molar-refractivity contribution in [3.63, 3.8) is 0 Å². The molecule has 0 aliphatic heterocycles. The van der Waals surface area contributed by atoms with Crippen LogP contribution in [0.1, 0.15) is 11.1 Å². The molecule has 0 aromatic heterocycles. The van der Waals surface area contributed by atoms with Crippen LogP contribution < -0.4 is 0 Å². The van der Waals surface area contributed by atoms with Crippen LogP contribution in [0.25, 0.3) is 11.1 Å². The molecule has 0 atom stereocenters. The first-order valence-electron chi connectivity index (χ1n) is 5.08. The molecule has 0 spiro atoms. The molecule has 0 fully saturated rings. The van der Waals surface area contributed by atoms with Crippen molar-refractivity contribution >= 4 is 11.6 Å². The maximum Gasteiger partial charge on any atom is 0.131 e. The van der Waals surface area contributed by atoms with Crippen LogP contribution in [0.15, 0.2) is 36.4 Å². The quantitative estimate of drug-likeness (QED) is 0.734. The molecule has 0 aliphatic carbocycles. The van der Waals surface area contributed by atoms with Crippen LogP contribution in [0.4, 0.5) is 4.39 Å². The van der Waals surface area contributed by atoms with Crippen molar-refractivity contribution in [3.8, 4) is 17.2 Å². The largest absolute Gasteiger partial charge is 0.206 e. The lowest BCUT2D eigenvalue weighted by Crippen LogP contribution is -1.89. The summed E-state index contributed by atoms with van der Waals surface area (Å²) in [5, 5.41) is 9.48. The first-order valence-corrected chi connectivity index (χ1v) is 5.46. The van der Waals surface area contributed by atoms with Gasteiger partial charge in [-0.2, -0.15) is 5.26 Å². The zero-order chi connectivity index (χ0) is 12.4. The second-order valence-electron chi connectivity index (χ2n) is 3.79. The maximum atomic E-state index is 13.7. The Labute approximate surface area is 104 Å². The molecule has 0 heterocycles. The number of halogens is 2. The van der Waals surface area contributed by atoms with E-state index in [1.165, 1.54) is 18.2 Å². The zero-order valence-electron chi connectivity index (χ0n) is 9.17. The summed E-state index contributed by atoms with van der Waals surface area (Å²) in [7, 11) is 0. The average molecular weight is 246 g/mol. The van der Waals surface area contributed by atoms with E-state index >= 15 is 0 Å². The molecule has 0 radical (unpaired) electrons. The fourth-order valence-corrected chi connectivity index (χ4v) is 1.85. The molecule has 1 nitrogen and oxygen atoms in total. The highest BCUT2D eigenvalue weighted by Crippen LogP contribution is 2.29. The van der Waals surface area contributed by atoms with Gasteiger partial charge in [-0.25, -0.2) is 4.39 Å². The molecule has 0 amide bonds. The first-order chi connectivity index (χ1) is 8.11. The highest BCUT2D eigenvalue weighted by Gasteiger charge is 2.10. The summed E-state index contributed by atoms with van der Waals surface area (Å²) in [6, 6.07) is 11.7. The fraction of sp³-hybridized carbons (Fsp3) is 0.0714.